The lowest BCUT2D eigenvalue weighted by atomic mass is 9.93. The van der Waals surface area contributed by atoms with Gasteiger partial charge in [0.2, 0.25) is 11.8 Å². The lowest BCUT2D eigenvalue weighted by molar-refractivity contribution is -0.146. The van der Waals surface area contributed by atoms with Gasteiger partial charge in [-0.2, -0.15) is 0 Å². The van der Waals surface area contributed by atoms with E-state index in [9.17, 15) is 9.59 Å². The summed E-state index contributed by atoms with van der Waals surface area (Å²) >= 11 is 0. The largest absolute Gasteiger partial charge is 0.333 e. The number of nitrogens with zero attached hydrogens (tertiary/aromatic N) is 2. The van der Waals surface area contributed by atoms with Gasteiger partial charge in [-0.3, -0.25) is 9.59 Å². The molecule has 2 fully saturated rings. The van der Waals surface area contributed by atoms with Crippen LogP contribution in [-0.2, 0) is 9.59 Å². The average molecular weight is 238 g/mol. The van der Waals surface area contributed by atoms with E-state index in [1.807, 2.05) is 4.90 Å². The van der Waals surface area contributed by atoms with Crippen molar-refractivity contribution >= 4 is 11.8 Å². The van der Waals surface area contributed by atoms with Crippen LogP contribution in [0.4, 0.5) is 0 Å². The average Bonchev–Trinajstić information content (AvgIpc) is 2.29. The number of amides is 2. The summed E-state index contributed by atoms with van der Waals surface area (Å²) in [7, 11) is 0. The molecule has 0 unspecified atom stereocenters. The third-order valence-electron chi connectivity index (χ3n) is 3.62. The Bertz CT molecular complexity index is 311. The molecule has 0 aliphatic carbocycles. The van der Waals surface area contributed by atoms with Crippen LogP contribution < -0.4 is 10.6 Å². The smallest absolute Gasteiger partial charge is 0.224 e. The van der Waals surface area contributed by atoms with Gasteiger partial charge in [-0.1, -0.05) is 0 Å². The van der Waals surface area contributed by atoms with E-state index in [-0.39, 0.29) is 11.8 Å². The van der Waals surface area contributed by atoms with Crippen LogP contribution in [0.3, 0.4) is 0 Å². The minimum Gasteiger partial charge on any atom is -0.333 e. The summed E-state index contributed by atoms with van der Waals surface area (Å²) < 4.78 is 0. The predicted molar refractivity (Wildman–Crippen MR) is 63.2 cm³/mol. The monoisotopic (exact) mass is 238 g/mol. The van der Waals surface area contributed by atoms with Gasteiger partial charge in [-0.05, 0) is 12.8 Å². The van der Waals surface area contributed by atoms with Crippen molar-refractivity contribution in [2.75, 3.05) is 19.6 Å². The fourth-order valence-electron chi connectivity index (χ4n) is 2.81. The van der Waals surface area contributed by atoms with Gasteiger partial charge in [0.05, 0.1) is 0 Å². The van der Waals surface area contributed by atoms with Gasteiger partial charge < -0.3 is 10.2 Å². The number of hydrogen-bond donors (Lipinski definition) is 1. The number of hydrogen-bond acceptors (Lipinski definition) is 2. The Morgan fingerprint density at radius 3 is 2.65 bits per heavy atom. The van der Waals surface area contributed by atoms with E-state index in [1.165, 1.54) is 6.92 Å². The number of nitrogens with one attached hydrogen (secondary N) is 1. The van der Waals surface area contributed by atoms with Gasteiger partial charge >= 0.3 is 0 Å². The molecule has 2 amide bonds. The van der Waals surface area contributed by atoms with Crippen LogP contribution in [-0.4, -0.2) is 42.0 Å². The third kappa shape index (κ3) is 2.60. The Balaban J connectivity index is 2.18. The molecule has 0 aromatic rings. The van der Waals surface area contributed by atoms with Crippen molar-refractivity contribution in [3.05, 3.63) is 0 Å². The van der Waals surface area contributed by atoms with Crippen LogP contribution in [0.5, 0.6) is 0 Å². The lowest BCUT2D eigenvalue weighted by Crippen LogP contribution is -2.65. The second kappa shape index (κ2) is 5.04. The zero-order chi connectivity index (χ0) is 12.3. The maximum absolute atomic E-state index is 12.0. The van der Waals surface area contributed by atoms with Crippen molar-refractivity contribution in [2.45, 2.75) is 44.7 Å². The fourth-order valence-corrected chi connectivity index (χ4v) is 2.81. The molecular formula is C12H20N3O2. The molecule has 2 heterocycles. The van der Waals surface area contributed by atoms with Crippen molar-refractivity contribution < 1.29 is 9.59 Å². The van der Waals surface area contributed by atoms with E-state index < -0.39 is 5.66 Å². The van der Waals surface area contributed by atoms with Crippen LogP contribution in [0, 0.1) is 0 Å². The first kappa shape index (κ1) is 12.4. The van der Waals surface area contributed by atoms with Crippen molar-refractivity contribution in [1.82, 2.24) is 15.5 Å². The molecule has 95 valence electrons. The Hall–Kier alpha value is -1.10. The normalized spacial score (nSPS) is 24.5. The standard InChI is InChI=1S/C12H20N3O2/c1-10(16)14-12(5-7-13-8-6-12)15-9-3-2-4-11(15)17/h2-9H2,1H3,(H,14,16). The highest BCUT2D eigenvalue weighted by molar-refractivity contribution is 5.79. The van der Waals surface area contributed by atoms with Gasteiger partial charge in [0.15, 0.2) is 0 Å². The first-order valence-corrected chi connectivity index (χ1v) is 6.36. The first-order chi connectivity index (χ1) is 8.14. The first-order valence-electron chi connectivity index (χ1n) is 6.36. The van der Waals surface area contributed by atoms with Crippen molar-refractivity contribution in [2.24, 2.45) is 0 Å². The lowest BCUT2D eigenvalue weighted by Gasteiger charge is -2.48. The van der Waals surface area contributed by atoms with E-state index >= 15 is 0 Å². The predicted octanol–water partition coefficient (Wildman–Crippen LogP) is 0.229. The van der Waals surface area contributed by atoms with Crippen LogP contribution in [0.15, 0.2) is 0 Å². The molecule has 1 N–H and O–H groups in total. The van der Waals surface area contributed by atoms with Gasteiger partial charge in [0.25, 0.3) is 0 Å². The zero-order valence-corrected chi connectivity index (χ0v) is 10.4. The van der Waals surface area contributed by atoms with E-state index in [4.69, 9.17) is 0 Å². The van der Waals surface area contributed by atoms with E-state index in [1.54, 1.807) is 0 Å². The zero-order valence-electron chi connectivity index (χ0n) is 10.4. The number of piperidine rings is 2. The van der Waals surface area contributed by atoms with Crippen molar-refractivity contribution in [3.8, 4) is 0 Å². The molecule has 2 aliphatic heterocycles. The molecule has 2 aliphatic rings. The summed E-state index contributed by atoms with van der Waals surface area (Å²) in [5.74, 6) is 0.108. The summed E-state index contributed by atoms with van der Waals surface area (Å²) in [5, 5.41) is 7.31. The quantitative estimate of drug-likeness (QED) is 0.748. The Kier molecular flexibility index (Phi) is 3.66. The molecule has 17 heavy (non-hydrogen) atoms. The van der Waals surface area contributed by atoms with Gasteiger partial charge in [-0.25, -0.2) is 5.32 Å². The second-order valence-corrected chi connectivity index (χ2v) is 4.89. The minimum absolute atomic E-state index is 0.0646. The summed E-state index contributed by atoms with van der Waals surface area (Å²) in [5.41, 5.74) is -0.467. The Morgan fingerprint density at radius 1 is 1.35 bits per heavy atom. The van der Waals surface area contributed by atoms with Crippen LogP contribution in [0.1, 0.15) is 39.0 Å². The molecule has 2 saturated heterocycles. The molecule has 5 heteroatoms. The number of carbonyl (C=O) groups is 2. The number of likely N-dealkylation sites (tertiary alicyclic amines) is 1. The Labute approximate surface area is 102 Å². The SMILES string of the molecule is CC(=O)NC1(N2CCCCC2=O)CC[N]CC1. The van der Waals surface area contributed by atoms with Crippen LogP contribution in [0.25, 0.3) is 0 Å². The number of rotatable bonds is 2. The molecule has 0 aromatic carbocycles. The van der Waals surface area contributed by atoms with Crippen LogP contribution in [0.2, 0.25) is 0 Å². The fraction of sp³-hybridized carbons (Fsp3) is 0.833. The van der Waals surface area contributed by atoms with Crippen LogP contribution >= 0.6 is 0 Å². The van der Waals surface area contributed by atoms with Crippen molar-refractivity contribution in [3.63, 3.8) is 0 Å². The Morgan fingerprint density at radius 2 is 2.06 bits per heavy atom. The van der Waals surface area contributed by atoms with E-state index in [0.29, 0.717) is 6.42 Å². The second-order valence-electron chi connectivity index (χ2n) is 4.89. The molecule has 0 atom stereocenters. The molecule has 0 spiro atoms. The van der Waals surface area contributed by atoms with Gasteiger partial charge in [0.1, 0.15) is 5.66 Å². The summed E-state index contributed by atoms with van der Waals surface area (Å²) in [6.07, 6.45) is 4.11. The highest BCUT2D eigenvalue weighted by Crippen LogP contribution is 2.28. The maximum Gasteiger partial charge on any atom is 0.224 e. The van der Waals surface area contributed by atoms with Gasteiger partial charge in [0, 0.05) is 45.8 Å². The molecule has 1 radical (unpaired) electrons. The highest BCUT2D eigenvalue weighted by atomic mass is 16.2. The molecule has 0 bridgehead atoms. The molecule has 0 saturated carbocycles. The summed E-state index contributed by atoms with van der Waals surface area (Å²) in [6, 6.07) is 0. The van der Waals surface area contributed by atoms with Gasteiger partial charge in [-0.15, -0.1) is 0 Å². The topological polar surface area (TPSA) is 63.5 Å². The molecular weight excluding hydrogens is 218 g/mol. The minimum atomic E-state index is -0.467. The highest BCUT2D eigenvalue weighted by Gasteiger charge is 2.42. The molecule has 2 rings (SSSR count). The van der Waals surface area contributed by atoms with E-state index in [0.717, 1.165) is 45.3 Å². The third-order valence-corrected chi connectivity index (χ3v) is 3.62. The summed E-state index contributed by atoms with van der Waals surface area (Å²) in [4.78, 5) is 25.3. The molecule has 0 aromatic heterocycles. The van der Waals surface area contributed by atoms with Crippen molar-refractivity contribution in [1.29, 1.82) is 0 Å². The molecule has 5 nitrogen and oxygen atoms in total. The maximum atomic E-state index is 12.0. The van der Waals surface area contributed by atoms with E-state index in [2.05, 4.69) is 10.6 Å². The number of carbonyl (C=O) groups excluding carboxylic acids is 2. The summed E-state index contributed by atoms with van der Waals surface area (Å²) in [6.45, 7) is 3.73.